The second-order valence-electron chi connectivity index (χ2n) is 7.49. The fourth-order valence-electron chi connectivity index (χ4n) is 3.84. The number of hydrogen-bond acceptors (Lipinski definition) is 3. The molecular formula is C20H30FN3O2. The topological polar surface area (TPSA) is 44.8 Å². The number of nitrogens with zero attached hydrogens (tertiary/aromatic N) is 2. The average molecular weight is 363 g/mol. The summed E-state index contributed by atoms with van der Waals surface area (Å²) in [5.41, 5.74) is 0.959. The molecule has 1 atom stereocenters. The number of carbonyl (C=O) groups is 1. The minimum atomic E-state index is -0.249. The number of rotatable bonds is 5. The van der Waals surface area contributed by atoms with Crippen LogP contribution in [-0.2, 0) is 11.3 Å². The van der Waals surface area contributed by atoms with Gasteiger partial charge in [0.25, 0.3) is 0 Å². The fourth-order valence-corrected chi connectivity index (χ4v) is 3.84. The van der Waals surface area contributed by atoms with Crippen LogP contribution in [0.3, 0.4) is 0 Å². The fraction of sp³-hybridized carbons (Fsp3) is 0.650. The Morgan fingerprint density at radius 3 is 2.69 bits per heavy atom. The molecule has 3 rings (SSSR count). The van der Waals surface area contributed by atoms with Crippen LogP contribution in [0.15, 0.2) is 24.3 Å². The molecule has 1 aromatic carbocycles. The van der Waals surface area contributed by atoms with Crippen LogP contribution in [0.4, 0.5) is 9.18 Å². The van der Waals surface area contributed by atoms with Gasteiger partial charge in [0.1, 0.15) is 5.82 Å². The highest BCUT2D eigenvalue weighted by atomic mass is 19.1. The molecule has 0 bridgehead atoms. The molecule has 2 amide bonds. The van der Waals surface area contributed by atoms with Crippen molar-refractivity contribution < 1.29 is 13.9 Å². The summed E-state index contributed by atoms with van der Waals surface area (Å²) in [6.45, 7) is 3.52. The van der Waals surface area contributed by atoms with E-state index in [0.717, 1.165) is 44.3 Å². The van der Waals surface area contributed by atoms with Crippen LogP contribution in [-0.4, -0.2) is 61.3 Å². The second-order valence-corrected chi connectivity index (χ2v) is 7.49. The van der Waals surface area contributed by atoms with Gasteiger partial charge >= 0.3 is 6.03 Å². The zero-order chi connectivity index (χ0) is 18.4. The number of nitrogens with one attached hydrogen (secondary N) is 1. The quantitative estimate of drug-likeness (QED) is 0.875. The van der Waals surface area contributed by atoms with Gasteiger partial charge in [-0.3, -0.25) is 0 Å². The second kappa shape index (κ2) is 9.33. The standard InChI is InChI=1S/C20H30FN3O2/c1-23-11-12-26-19(15-23)13-22-20(25)24(18-5-3-2-4-6-18)14-16-7-9-17(21)10-8-16/h7-10,18-19H,2-6,11-15H2,1H3,(H,22,25). The Morgan fingerprint density at radius 2 is 2.00 bits per heavy atom. The monoisotopic (exact) mass is 363 g/mol. The molecule has 1 saturated heterocycles. The summed E-state index contributed by atoms with van der Waals surface area (Å²) in [4.78, 5) is 17.1. The van der Waals surface area contributed by atoms with Gasteiger partial charge in [0.2, 0.25) is 0 Å². The summed E-state index contributed by atoms with van der Waals surface area (Å²) in [5, 5.41) is 3.06. The van der Waals surface area contributed by atoms with Crippen molar-refractivity contribution in [2.24, 2.45) is 0 Å². The Morgan fingerprint density at radius 1 is 1.27 bits per heavy atom. The van der Waals surface area contributed by atoms with Crippen LogP contribution in [0.1, 0.15) is 37.7 Å². The smallest absolute Gasteiger partial charge is 0.318 e. The van der Waals surface area contributed by atoms with E-state index < -0.39 is 0 Å². The molecule has 1 aromatic rings. The maximum Gasteiger partial charge on any atom is 0.318 e. The molecule has 6 heteroatoms. The molecule has 26 heavy (non-hydrogen) atoms. The first-order valence-electron chi connectivity index (χ1n) is 9.71. The lowest BCUT2D eigenvalue weighted by Crippen LogP contribution is -2.51. The maximum absolute atomic E-state index is 13.2. The molecule has 144 valence electrons. The van der Waals surface area contributed by atoms with Gasteiger partial charge in [-0.05, 0) is 37.6 Å². The van der Waals surface area contributed by atoms with Crippen LogP contribution in [0, 0.1) is 5.82 Å². The molecule has 1 saturated carbocycles. The molecule has 2 fully saturated rings. The molecule has 2 aliphatic rings. The van der Waals surface area contributed by atoms with Gasteiger partial charge in [-0.15, -0.1) is 0 Å². The van der Waals surface area contributed by atoms with Crippen LogP contribution in [0.25, 0.3) is 0 Å². The van der Waals surface area contributed by atoms with Crippen molar-refractivity contribution in [3.63, 3.8) is 0 Å². The van der Waals surface area contributed by atoms with Gasteiger partial charge < -0.3 is 19.9 Å². The summed E-state index contributed by atoms with van der Waals surface area (Å²) in [6.07, 6.45) is 5.68. The Balaban J connectivity index is 1.61. The van der Waals surface area contributed by atoms with Crippen LogP contribution in [0.5, 0.6) is 0 Å². The van der Waals surface area contributed by atoms with Crippen molar-refractivity contribution in [3.05, 3.63) is 35.6 Å². The SMILES string of the molecule is CN1CCOC(CNC(=O)N(Cc2ccc(F)cc2)C2CCCCC2)C1. The third kappa shape index (κ3) is 5.42. The van der Waals surface area contributed by atoms with Gasteiger partial charge in [0.15, 0.2) is 0 Å². The molecule has 5 nitrogen and oxygen atoms in total. The normalized spacial score (nSPS) is 22.2. The van der Waals surface area contributed by atoms with Gasteiger partial charge in [-0.1, -0.05) is 31.4 Å². The first kappa shape index (κ1) is 19.1. The predicted molar refractivity (Wildman–Crippen MR) is 99.5 cm³/mol. The largest absolute Gasteiger partial charge is 0.374 e. The first-order valence-corrected chi connectivity index (χ1v) is 9.71. The molecule has 1 N–H and O–H groups in total. The highest BCUT2D eigenvalue weighted by molar-refractivity contribution is 5.74. The van der Waals surface area contributed by atoms with Crippen LogP contribution in [0.2, 0.25) is 0 Å². The number of likely N-dealkylation sites (N-methyl/N-ethyl adjacent to an activating group) is 1. The lowest BCUT2D eigenvalue weighted by atomic mass is 9.94. The molecule has 1 unspecified atom stereocenters. The number of carbonyl (C=O) groups excluding carboxylic acids is 1. The highest BCUT2D eigenvalue weighted by Crippen LogP contribution is 2.24. The Kier molecular flexibility index (Phi) is 6.86. The van der Waals surface area contributed by atoms with E-state index >= 15 is 0 Å². The van der Waals surface area contributed by atoms with Crippen LogP contribution < -0.4 is 5.32 Å². The molecule has 0 aromatic heterocycles. The van der Waals surface area contributed by atoms with E-state index in [2.05, 4.69) is 17.3 Å². The lowest BCUT2D eigenvalue weighted by molar-refractivity contribution is -0.0175. The number of hydrogen-bond donors (Lipinski definition) is 1. The van der Waals surface area contributed by atoms with E-state index in [1.165, 1.54) is 18.6 Å². The van der Waals surface area contributed by atoms with Crippen molar-refractivity contribution in [2.45, 2.75) is 50.8 Å². The van der Waals surface area contributed by atoms with Crippen molar-refractivity contribution in [2.75, 3.05) is 33.3 Å². The number of ether oxygens (including phenoxy) is 1. The molecule has 1 aliphatic heterocycles. The summed E-state index contributed by atoms with van der Waals surface area (Å²) in [7, 11) is 2.07. The van der Waals surface area contributed by atoms with E-state index in [9.17, 15) is 9.18 Å². The Bertz CT molecular complexity index is 575. The minimum absolute atomic E-state index is 0.0386. The molecule has 1 heterocycles. The summed E-state index contributed by atoms with van der Waals surface area (Å²) in [6, 6.07) is 6.65. The Hall–Kier alpha value is -1.66. The molecular weight excluding hydrogens is 333 g/mol. The predicted octanol–water partition coefficient (Wildman–Crippen LogP) is 3.00. The summed E-state index contributed by atoms with van der Waals surface area (Å²) < 4.78 is 18.9. The van der Waals surface area contributed by atoms with Gasteiger partial charge in [0.05, 0.1) is 12.7 Å². The zero-order valence-corrected chi connectivity index (χ0v) is 15.6. The summed E-state index contributed by atoms with van der Waals surface area (Å²) in [5.74, 6) is -0.249. The number of urea groups is 1. The van der Waals surface area contributed by atoms with Gasteiger partial charge in [0, 0.05) is 32.2 Å². The zero-order valence-electron chi connectivity index (χ0n) is 15.6. The highest BCUT2D eigenvalue weighted by Gasteiger charge is 2.26. The minimum Gasteiger partial charge on any atom is -0.374 e. The van der Waals surface area contributed by atoms with Gasteiger partial charge in [-0.2, -0.15) is 0 Å². The van der Waals surface area contributed by atoms with Crippen molar-refractivity contribution in [1.29, 1.82) is 0 Å². The van der Waals surface area contributed by atoms with E-state index in [0.29, 0.717) is 19.7 Å². The Labute approximate surface area is 155 Å². The number of halogens is 1. The maximum atomic E-state index is 13.2. The van der Waals surface area contributed by atoms with Crippen molar-refractivity contribution >= 4 is 6.03 Å². The van der Waals surface area contributed by atoms with E-state index in [1.807, 2.05) is 4.90 Å². The van der Waals surface area contributed by atoms with E-state index in [-0.39, 0.29) is 24.0 Å². The molecule has 0 spiro atoms. The average Bonchev–Trinajstić information content (AvgIpc) is 2.66. The third-order valence-corrected chi connectivity index (χ3v) is 5.37. The lowest BCUT2D eigenvalue weighted by Gasteiger charge is -2.35. The molecule has 0 radical (unpaired) electrons. The van der Waals surface area contributed by atoms with Gasteiger partial charge in [-0.25, -0.2) is 9.18 Å². The summed E-state index contributed by atoms with van der Waals surface area (Å²) >= 11 is 0. The number of morpholine rings is 1. The number of benzene rings is 1. The van der Waals surface area contributed by atoms with Crippen molar-refractivity contribution in [3.8, 4) is 0 Å². The molecule has 1 aliphatic carbocycles. The van der Waals surface area contributed by atoms with Crippen molar-refractivity contribution in [1.82, 2.24) is 15.1 Å². The number of amides is 2. The van der Waals surface area contributed by atoms with E-state index in [4.69, 9.17) is 4.74 Å². The first-order chi connectivity index (χ1) is 12.6. The van der Waals surface area contributed by atoms with Crippen LogP contribution >= 0.6 is 0 Å². The van der Waals surface area contributed by atoms with E-state index in [1.54, 1.807) is 12.1 Å². The third-order valence-electron chi connectivity index (χ3n) is 5.37.